The Balaban J connectivity index is 0. The molecular formula is H4BCrCuNbSi. The number of hydrogen-bond acceptors (Lipinski definition) is 0. The third-order valence-corrected chi connectivity index (χ3v) is 0. The second-order valence-corrected chi connectivity index (χ2v) is 0. The van der Waals surface area contributed by atoms with Crippen LogP contribution in [0.15, 0.2) is 0 Å². The van der Waals surface area contributed by atoms with Crippen LogP contribution in [0.4, 0.5) is 0 Å². The van der Waals surface area contributed by atoms with Crippen molar-refractivity contribution in [2.45, 2.75) is 0 Å². The van der Waals surface area contributed by atoms with E-state index in [1.165, 1.54) is 0 Å². The summed E-state index contributed by atoms with van der Waals surface area (Å²) in [5, 5.41) is 0. The van der Waals surface area contributed by atoms with Crippen LogP contribution in [0.3, 0.4) is 0 Å². The Morgan fingerprint density at radius 1 is 1.00 bits per heavy atom. The Labute approximate surface area is 75.6 Å². The summed E-state index contributed by atoms with van der Waals surface area (Å²) in [6, 6.07) is 0. The van der Waals surface area contributed by atoms with Gasteiger partial charge in [-0.05, 0) is 11.0 Å². The molecule has 0 bridgehead atoms. The van der Waals surface area contributed by atoms with Crippen LogP contribution in [0.1, 0.15) is 0 Å². The second kappa shape index (κ2) is 36.4. The van der Waals surface area contributed by atoms with Crippen molar-refractivity contribution in [3.63, 3.8) is 0 Å². The first kappa shape index (κ1) is 60.7. The van der Waals surface area contributed by atoms with Gasteiger partial charge in [0.25, 0.3) is 0 Å². The van der Waals surface area contributed by atoms with Gasteiger partial charge < -0.3 is 0 Å². The fourth-order valence-electron chi connectivity index (χ4n) is 0. The van der Waals surface area contributed by atoms with Crippen molar-refractivity contribution in [3.8, 4) is 0 Å². The molecule has 33 valence electrons. The van der Waals surface area contributed by atoms with Crippen LogP contribution in [0.5, 0.6) is 0 Å². The predicted molar refractivity (Wildman–Crippen MR) is 17.1 cm³/mol. The average Bonchev–Trinajstić information content (AvgIpc) is 0. The van der Waals surface area contributed by atoms with Gasteiger partial charge in [0.05, 0.1) is 0 Å². The van der Waals surface area contributed by atoms with E-state index >= 15 is 0 Å². The average molecular weight is 251 g/mol. The molecule has 0 aromatic carbocycles. The van der Waals surface area contributed by atoms with Crippen LogP contribution >= 0.6 is 0 Å². The summed E-state index contributed by atoms with van der Waals surface area (Å²) < 4.78 is 0. The second-order valence-electron chi connectivity index (χ2n) is 0. The zero-order valence-electron chi connectivity index (χ0n) is 1.73. The Morgan fingerprint density at radius 3 is 1.00 bits per heavy atom. The van der Waals surface area contributed by atoms with E-state index in [1.54, 1.807) is 0 Å². The Hall–Kier alpha value is 2.07. The van der Waals surface area contributed by atoms with Gasteiger partial charge >= 0.3 is 0 Å². The molecule has 0 spiro atoms. The van der Waals surface area contributed by atoms with Gasteiger partial charge in [-0.3, -0.25) is 0 Å². The number of hydrogen-bond donors (Lipinski definition) is 0. The zero-order valence-corrected chi connectivity index (χ0v) is 6.15. The minimum absolute atomic E-state index is 0. The fourth-order valence-corrected chi connectivity index (χ4v) is 0. The van der Waals surface area contributed by atoms with E-state index in [9.17, 15) is 0 Å². The molecule has 0 atom stereocenters. The van der Waals surface area contributed by atoms with E-state index in [0.717, 1.165) is 0 Å². The monoisotopic (exact) mass is 251 g/mol. The van der Waals surface area contributed by atoms with Crippen molar-refractivity contribution in [3.05, 3.63) is 0 Å². The van der Waals surface area contributed by atoms with Crippen molar-refractivity contribution in [1.82, 2.24) is 0 Å². The smallest absolute Gasteiger partial charge is 0 e. The predicted octanol–water partition coefficient (Wildman–Crippen LogP) is -1.84. The first-order valence-corrected chi connectivity index (χ1v) is 0. The van der Waals surface area contributed by atoms with Crippen molar-refractivity contribution < 1.29 is 56.8 Å². The summed E-state index contributed by atoms with van der Waals surface area (Å²) in [5.74, 6) is 0. The van der Waals surface area contributed by atoms with Gasteiger partial charge in [0.1, 0.15) is 0 Å². The topological polar surface area (TPSA) is 0 Å². The van der Waals surface area contributed by atoms with Gasteiger partial charge in [0.2, 0.25) is 0 Å². The summed E-state index contributed by atoms with van der Waals surface area (Å²) in [6.45, 7) is 0. The first-order chi connectivity index (χ1) is 0. The van der Waals surface area contributed by atoms with Gasteiger partial charge in [-0.25, -0.2) is 0 Å². The standard InChI is InChI=1S/B.Cr.Cu.Nb.H4Si/h;;;;1H4. The zero-order chi connectivity index (χ0) is 0. The van der Waals surface area contributed by atoms with E-state index in [-0.39, 0.29) is 76.2 Å². The number of rotatable bonds is 0. The molecule has 0 aromatic heterocycles. The summed E-state index contributed by atoms with van der Waals surface area (Å²) in [7, 11) is 0. The van der Waals surface area contributed by atoms with Crippen molar-refractivity contribution in [2.75, 3.05) is 0 Å². The minimum atomic E-state index is 0. The van der Waals surface area contributed by atoms with Gasteiger partial charge in [0.15, 0.2) is 0 Å². The summed E-state index contributed by atoms with van der Waals surface area (Å²) >= 11 is 0. The van der Waals surface area contributed by atoms with E-state index in [1.807, 2.05) is 0 Å². The normalized spacial score (nSPS) is 0. The molecule has 0 unspecified atom stereocenters. The molecule has 0 fully saturated rings. The molecule has 0 saturated heterocycles. The van der Waals surface area contributed by atoms with Crippen LogP contribution < -0.4 is 0 Å². The molecule has 0 N–H and O–H groups in total. The molecule has 0 aliphatic heterocycles. The van der Waals surface area contributed by atoms with Gasteiger partial charge in [-0.2, -0.15) is 0 Å². The molecular weight excluding hydrogens is 247 g/mol. The Kier molecular flexibility index (Phi) is 441. The third-order valence-electron chi connectivity index (χ3n) is 0. The fraction of sp³-hybridized carbons (Fsp3) is 0. The van der Waals surface area contributed by atoms with Crippen LogP contribution in [0, 0.1) is 0 Å². The largest absolute Gasteiger partial charge is 0.0149 e. The third kappa shape index (κ3) is 23.4. The van der Waals surface area contributed by atoms with Gasteiger partial charge in [-0.1, -0.05) is 0 Å². The van der Waals surface area contributed by atoms with E-state index < -0.39 is 0 Å². The molecule has 0 amide bonds. The maximum Gasteiger partial charge on any atom is 0 e. The van der Waals surface area contributed by atoms with E-state index in [0.29, 0.717) is 0 Å². The molecule has 0 heterocycles. The molecule has 0 aromatic rings. The van der Waals surface area contributed by atoms with E-state index in [4.69, 9.17) is 0 Å². The van der Waals surface area contributed by atoms with Crippen LogP contribution in [0.25, 0.3) is 0 Å². The molecule has 0 nitrogen and oxygen atoms in total. The van der Waals surface area contributed by atoms with E-state index in [2.05, 4.69) is 0 Å². The quantitative estimate of drug-likeness (QED) is 0.444. The van der Waals surface area contributed by atoms with Gasteiger partial charge in [0, 0.05) is 65.2 Å². The Bertz CT molecular complexity index is 11.6. The van der Waals surface area contributed by atoms with Crippen LogP contribution in [-0.4, -0.2) is 19.4 Å². The van der Waals surface area contributed by atoms with Crippen molar-refractivity contribution in [2.24, 2.45) is 0 Å². The maximum atomic E-state index is 0. The summed E-state index contributed by atoms with van der Waals surface area (Å²) in [4.78, 5) is 0. The SMILES string of the molecule is [B].[Cr].[Cu].[Nb].[SiH4]. The molecule has 0 aliphatic rings. The van der Waals surface area contributed by atoms with Crippen LogP contribution in [-0.2, 0) is 56.8 Å². The van der Waals surface area contributed by atoms with Crippen molar-refractivity contribution >= 4 is 19.4 Å². The van der Waals surface area contributed by atoms with Crippen LogP contribution in [0.2, 0.25) is 0 Å². The van der Waals surface area contributed by atoms with Crippen molar-refractivity contribution in [1.29, 1.82) is 0 Å². The molecule has 0 aliphatic carbocycles. The molecule has 5 radical (unpaired) electrons. The maximum absolute atomic E-state index is 0. The Morgan fingerprint density at radius 2 is 1.00 bits per heavy atom. The summed E-state index contributed by atoms with van der Waals surface area (Å²) in [6.07, 6.45) is 0. The molecule has 5 heavy (non-hydrogen) atoms. The molecule has 5 heteroatoms. The minimum Gasteiger partial charge on any atom is -0.0149 e. The first-order valence-electron chi connectivity index (χ1n) is 0. The summed E-state index contributed by atoms with van der Waals surface area (Å²) in [5.41, 5.74) is 0. The molecule has 0 rings (SSSR count). The van der Waals surface area contributed by atoms with Gasteiger partial charge in [-0.15, -0.1) is 0 Å². The molecule has 0 saturated carbocycles.